The van der Waals surface area contributed by atoms with Crippen molar-refractivity contribution in [1.82, 2.24) is 0 Å². The van der Waals surface area contributed by atoms with Crippen LogP contribution in [0.3, 0.4) is 0 Å². The summed E-state index contributed by atoms with van der Waals surface area (Å²) in [6.45, 7) is 0. The Bertz CT molecular complexity index is 394. The lowest BCUT2D eigenvalue weighted by Crippen LogP contribution is -2.46. The van der Waals surface area contributed by atoms with Crippen LogP contribution < -0.4 is 4.74 Å². The number of alkyl halides is 6. The molecular weight excluding hydrogens is 309 g/mol. The highest BCUT2D eigenvalue weighted by atomic mass is 35.5. The molecule has 0 unspecified atom stereocenters. The standard InChI is InChI=1S/C9H3Cl2F6O/c10-4-1-5(11)3-6(2-4)18-7(8(12,13)14)9(15,16)17/h2-3,7H. The number of halogens is 8. The molecule has 0 spiro atoms. The van der Waals surface area contributed by atoms with Gasteiger partial charge in [0, 0.05) is 6.07 Å². The predicted octanol–water partition coefficient (Wildman–Crippen LogP) is 4.67. The summed E-state index contributed by atoms with van der Waals surface area (Å²) in [6, 6.07) is 3.75. The second-order valence-electron chi connectivity index (χ2n) is 3.09. The average Bonchev–Trinajstić information content (AvgIpc) is 2.08. The van der Waals surface area contributed by atoms with Gasteiger partial charge in [0.2, 0.25) is 0 Å². The molecule has 0 saturated carbocycles. The lowest BCUT2D eigenvalue weighted by atomic mass is 10.3. The van der Waals surface area contributed by atoms with E-state index >= 15 is 0 Å². The molecule has 0 fully saturated rings. The summed E-state index contributed by atoms with van der Waals surface area (Å²) in [5.41, 5.74) is 0. The molecule has 0 N–H and O–H groups in total. The highest BCUT2D eigenvalue weighted by Gasteiger charge is 2.59. The van der Waals surface area contributed by atoms with Gasteiger partial charge in [0.15, 0.2) is 0 Å². The number of hydrogen-bond acceptors (Lipinski definition) is 1. The van der Waals surface area contributed by atoms with Gasteiger partial charge in [-0.15, -0.1) is 0 Å². The van der Waals surface area contributed by atoms with E-state index in [1.165, 1.54) is 0 Å². The van der Waals surface area contributed by atoms with Gasteiger partial charge in [-0.1, -0.05) is 23.2 Å². The van der Waals surface area contributed by atoms with E-state index in [4.69, 9.17) is 23.2 Å². The highest BCUT2D eigenvalue weighted by Crippen LogP contribution is 2.37. The van der Waals surface area contributed by atoms with E-state index in [-0.39, 0.29) is 10.0 Å². The SMILES string of the molecule is FC(F)(F)C(Oc1cc(Cl)[c]c(Cl)c1)C(F)(F)F. The van der Waals surface area contributed by atoms with Crippen LogP contribution in [0.25, 0.3) is 0 Å². The minimum atomic E-state index is -5.60. The fourth-order valence-electron chi connectivity index (χ4n) is 1.00. The van der Waals surface area contributed by atoms with Crippen LogP contribution in [0.4, 0.5) is 26.3 Å². The second kappa shape index (κ2) is 5.05. The van der Waals surface area contributed by atoms with Crippen LogP contribution in [0, 0.1) is 6.07 Å². The summed E-state index contributed by atoms with van der Waals surface area (Å²) in [7, 11) is 0. The molecule has 0 amide bonds. The topological polar surface area (TPSA) is 9.23 Å². The van der Waals surface area contributed by atoms with E-state index in [9.17, 15) is 26.3 Å². The quantitative estimate of drug-likeness (QED) is 0.721. The van der Waals surface area contributed by atoms with E-state index in [1.807, 2.05) is 0 Å². The molecule has 0 aliphatic rings. The third-order valence-corrected chi connectivity index (χ3v) is 2.03. The molecule has 1 aromatic carbocycles. The highest BCUT2D eigenvalue weighted by molar-refractivity contribution is 6.34. The summed E-state index contributed by atoms with van der Waals surface area (Å²) >= 11 is 10.8. The summed E-state index contributed by atoms with van der Waals surface area (Å²) in [5.74, 6) is -0.747. The molecule has 1 rings (SSSR count). The smallest absolute Gasteiger partial charge is 0.434 e. The summed E-state index contributed by atoms with van der Waals surface area (Å²) < 4.78 is 77.0. The van der Waals surface area contributed by atoms with Crippen molar-refractivity contribution in [2.45, 2.75) is 18.5 Å². The molecule has 1 nitrogen and oxygen atoms in total. The van der Waals surface area contributed by atoms with Crippen LogP contribution in [0.15, 0.2) is 12.1 Å². The van der Waals surface area contributed by atoms with Crippen molar-refractivity contribution in [1.29, 1.82) is 0 Å². The van der Waals surface area contributed by atoms with E-state index in [1.54, 1.807) is 0 Å². The minimum Gasteiger partial charge on any atom is -0.471 e. The van der Waals surface area contributed by atoms with Gasteiger partial charge in [0.1, 0.15) is 5.75 Å². The van der Waals surface area contributed by atoms with E-state index in [0.29, 0.717) is 0 Å². The zero-order valence-electron chi connectivity index (χ0n) is 8.16. The lowest BCUT2D eigenvalue weighted by molar-refractivity contribution is -0.299. The van der Waals surface area contributed by atoms with Gasteiger partial charge in [-0.3, -0.25) is 0 Å². The Hall–Kier alpha value is -0.820. The first-order valence-electron chi connectivity index (χ1n) is 4.18. The Morgan fingerprint density at radius 1 is 0.944 bits per heavy atom. The number of ether oxygens (including phenoxy) is 1. The third-order valence-electron chi connectivity index (χ3n) is 1.63. The number of benzene rings is 1. The van der Waals surface area contributed by atoms with Crippen molar-refractivity contribution in [2.24, 2.45) is 0 Å². The second-order valence-corrected chi connectivity index (χ2v) is 3.91. The van der Waals surface area contributed by atoms with Gasteiger partial charge in [-0.05, 0) is 12.1 Å². The Balaban J connectivity index is 3.04. The first kappa shape index (κ1) is 15.2. The normalized spacial score (nSPS) is 12.9. The molecule has 18 heavy (non-hydrogen) atoms. The van der Waals surface area contributed by atoms with Gasteiger partial charge < -0.3 is 4.74 Å². The maximum Gasteiger partial charge on any atom is 0.434 e. The molecule has 0 aliphatic heterocycles. The van der Waals surface area contributed by atoms with Crippen LogP contribution in [0.2, 0.25) is 10.0 Å². The number of rotatable bonds is 2. The zero-order chi connectivity index (χ0) is 14.1. The molecule has 1 radical (unpaired) electrons. The summed E-state index contributed by atoms with van der Waals surface area (Å²) in [6.07, 6.45) is -15.1. The molecule has 0 heterocycles. The van der Waals surface area contributed by atoms with Crippen molar-refractivity contribution in [2.75, 3.05) is 0 Å². The molecule has 101 valence electrons. The molecule has 0 bridgehead atoms. The Morgan fingerprint density at radius 3 is 1.67 bits per heavy atom. The molecule has 0 saturated heterocycles. The van der Waals surface area contributed by atoms with Gasteiger partial charge in [0.05, 0.1) is 10.0 Å². The lowest BCUT2D eigenvalue weighted by Gasteiger charge is -2.23. The van der Waals surface area contributed by atoms with E-state index < -0.39 is 24.2 Å². The monoisotopic (exact) mass is 311 g/mol. The van der Waals surface area contributed by atoms with Gasteiger partial charge in [-0.25, -0.2) is 0 Å². The molecule has 0 aliphatic carbocycles. The fourth-order valence-corrected chi connectivity index (χ4v) is 1.47. The number of hydrogen-bond donors (Lipinski definition) is 0. The first-order chi connectivity index (χ1) is 8.00. The molecule has 0 atom stereocenters. The first-order valence-corrected chi connectivity index (χ1v) is 4.94. The van der Waals surface area contributed by atoms with E-state index in [2.05, 4.69) is 10.8 Å². The van der Waals surface area contributed by atoms with Crippen LogP contribution >= 0.6 is 23.2 Å². The van der Waals surface area contributed by atoms with Crippen LogP contribution in [-0.2, 0) is 0 Å². The van der Waals surface area contributed by atoms with Crippen molar-refractivity contribution in [3.63, 3.8) is 0 Å². The van der Waals surface area contributed by atoms with Crippen molar-refractivity contribution in [3.8, 4) is 5.75 Å². The molecule has 1 aromatic rings. The maximum absolute atomic E-state index is 12.2. The van der Waals surface area contributed by atoms with Gasteiger partial charge in [0.25, 0.3) is 6.10 Å². The van der Waals surface area contributed by atoms with Crippen LogP contribution in [-0.4, -0.2) is 18.5 Å². The third kappa shape index (κ3) is 4.13. The van der Waals surface area contributed by atoms with Gasteiger partial charge in [-0.2, -0.15) is 26.3 Å². The van der Waals surface area contributed by atoms with Crippen LogP contribution in [0.5, 0.6) is 5.75 Å². The van der Waals surface area contributed by atoms with Gasteiger partial charge >= 0.3 is 12.4 Å². The molecular formula is C9H3Cl2F6O. The predicted molar refractivity (Wildman–Crippen MR) is 51.8 cm³/mol. The Labute approximate surface area is 107 Å². The van der Waals surface area contributed by atoms with E-state index in [0.717, 1.165) is 12.1 Å². The Morgan fingerprint density at radius 2 is 1.33 bits per heavy atom. The molecule has 0 aromatic heterocycles. The van der Waals surface area contributed by atoms with Crippen molar-refractivity contribution < 1.29 is 31.1 Å². The van der Waals surface area contributed by atoms with Crippen molar-refractivity contribution >= 4 is 23.2 Å². The zero-order valence-corrected chi connectivity index (χ0v) is 9.68. The maximum atomic E-state index is 12.2. The largest absolute Gasteiger partial charge is 0.471 e. The molecule has 9 heteroatoms. The van der Waals surface area contributed by atoms with Crippen LogP contribution in [0.1, 0.15) is 0 Å². The summed E-state index contributed by atoms with van der Waals surface area (Å²) in [5, 5.41) is -0.527. The Kier molecular flexibility index (Phi) is 4.27. The summed E-state index contributed by atoms with van der Waals surface area (Å²) in [4.78, 5) is 0. The fraction of sp³-hybridized carbons (Fsp3) is 0.333. The van der Waals surface area contributed by atoms with Crippen molar-refractivity contribution in [3.05, 3.63) is 28.2 Å². The average molecular weight is 312 g/mol. The minimum absolute atomic E-state index is 0.263.